The monoisotopic (exact) mass is 382 g/mol. The number of aromatic nitrogens is 3. The number of anilines is 2. The van der Waals surface area contributed by atoms with Gasteiger partial charge in [0.05, 0.1) is 18.9 Å². The van der Waals surface area contributed by atoms with Crippen molar-refractivity contribution in [2.75, 3.05) is 56.2 Å². The number of piperidine rings is 1. The minimum atomic E-state index is 0.449. The number of aryl methyl sites for hydroxylation is 1. The number of hydrogen-bond donors (Lipinski definition) is 0. The van der Waals surface area contributed by atoms with Gasteiger partial charge >= 0.3 is 0 Å². The molecule has 0 N–H and O–H groups in total. The van der Waals surface area contributed by atoms with Crippen LogP contribution in [0.5, 0.6) is 0 Å². The van der Waals surface area contributed by atoms with Gasteiger partial charge in [-0.05, 0) is 44.0 Å². The summed E-state index contributed by atoms with van der Waals surface area (Å²) in [6.07, 6.45) is 6.15. The summed E-state index contributed by atoms with van der Waals surface area (Å²) in [6, 6.07) is 6.62. The molecule has 7 heteroatoms. The molecule has 4 rings (SSSR count). The summed E-state index contributed by atoms with van der Waals surface area (Å²) in [6.45, 7) is 8.42. The molecule has 2 aromatic heterocycles. The first kappa shape index (κ1) is 19.1. The maximum Gasteiger partial charge on any atom is 0.227 e. The molecule has 0 spiro atoms. The maximum atomic E-state index is 5.44. The zero-order valence-corrected chi connectivity index (χ0v) is 16.9. The van der Waals surface area contributed by atoms with Crippen LogP contribution in [-0.2, 0) is 11.3 Å². The van der Waals surface area contributed by atoms with Crippen molar-refractivity contribution in [2.24, 2.45) is 0 Å². The van der Waals surface area contributed by atoms with Gasteiger partial charge in [-0.15, -0.1) is 0 Å². The lowest BCUT2D eigenvalue weighted by Crippen LogP contribution is -2.46. The predicted octanol–water partition coefficient (Wildman–Crippen LogP) is 2.12. The molecule has 1 unspecified atom stereocenters. The quantitative estimate of drug-likeness (QED) is 0.785. The lowest BCUT2D eigenvalue weighted by atomic mass is 10.0. The summed E-state index contributed by atoms with van der Waals surface area (Å²) in [7, 11) is 2.16. The fourth-order valence-electron chi connectivity index (χ4n) is 4.02. The Labute approximate surface area is 167 Å². The smallest absolute Gasteiger partial charge is 0.227 e. The highest BCUT2D eigenvalue weighted by molar-refractivity contribution is 5.44. The van der Waals surface area contributed by atoms with Gasteiger partial charge in [0.2, 0.25) is 5.95 Å². The van der Waals surface area contributed by atoms with Crippen molar-refractivity contribution in [3.63, 3.8) is 0 Å². The zero-order chi connectivity index (χ0) is 19.3. The average Bonchev–Trinajstić information content (AvgIpc) is 2.76. The van der Waals surface area contributed by atoms with Gasteiger partial charge in [-0.2, -0.15) is 4.98 Å². The maximum absolute atomic E-state index is 5.44. The van der Waals surface area contributed by atoms with Gasteiger partial charge in [-0.25, -0.2) is 4.98 Å². The molecule has 0 aromatic carbocycles. The van der Waals surface area contributed by atoms with Crippen LogP contribution in [0.4, 0.5) is 11.8 Å². The molecule has 4 heterocycles. The summed E-state index contributed by atoms with van der Waals surface area (Å²) in [5, 5.41) is 0. The molecule has 0 radical (unpaired) electrons. The summed E-state index contributed by atoms with van der Waals surface area (Å²) < 4.78 is 5.44. The van der Waals surface area contributed by atoms with Gasteiger partial charge < -0.3 is 14.5 Å². The average molecular weight is 383 g/mol. The molecule has 28 heavy (non-hydrogen) atoms. The van der Waals surface area contributed by atoms with E-state index >= 15 is 0 Å². The highest BCUT2D eigenvalue weighted by Crippen LogP contribution is 2.23. The number of nitrogens with zero attached hydrogens (tertiary/aromatic N) is 6. The topological polar surface area (TPSA) is 57.6 Å². The van der Waals surface area contributed by atoms with Crippen molar-refractivity contribution in [3.05, 3.63) is 41.9 Å². The summed E-state index contributed by atoms with van der Waals surface area (Å²) in [5.74, 6) is 1.81. The number of hydrogen-bond acceptors (Lipinski definition) is 7. The third kappa shape index (κ3) is 4.42. The fourth-order valence-corrected chi connectivity index (χ4v) is 4.02. The highest BCUT2D eigenvalue weighted by Gasteiger charge is 2.25. The summed E-state index contributed by atoms with van der Waals surface area (Å²) in [4.78, 5) is 21.0. The third-order valence-corrected chi connectivity index (χ3v) is 5.80. The number of likely N-dealkylation sites (N-methyl/N-ethyl adjacent to an activating group) is 1. The number of pyridine rings is 1. The number of rotatable bonds is 5. The molecule has 1 atom stereocenters. The Hall–Kier alpha value is -2.25. The predicted molar refractivity (Wildman–Crippen MR) is 111 cm³/mol. The first-order valence-electron chi connectivity index (χ1n) is 10.2. The molecule has 0 bridgehead atoms. The Bertz CT molecular complexity index is 779. The fraction of sp³-hybridized carbons (Fsp3) is 0.571. The van der Waals surface area contributed by atoms with Crippen molar-refractivity contribution >= 4 is 11.8 Å². The van der Waals surface area contributed by atoms with Gasteiger partial charge in [-0.1, -0.05) is 6.07 Å². The van der Waals surface area contributed by atoms with Crippen molar-refractivity contribution in [3.8, 4) is 0 Å². The number of likely N-dealkylation sites (tertiary alicyclic amines) is 1. The van der Waals surface area contributed by atoms with Crippen molar-refractivity contribution in [1.82, 2.24) is 19.9 Å². The van der Waals surface area contributed by atoms with Crippen LogP contribution in [0.15, 0.2) is 30.6 Å². The molecule has 2 aromatic rings. The molecule has 0 amide bonds. The van der Waals surface area contributed by atoms with E-state index in [-0.39, 0.29) is 0 Å². The molecule has 2 saturated heterocycles. The van der Waals surface area contributed by atoms with Crippen molar-refractivity contribution < 1.29 is 4.74 Å². The molecule has 150 valence electrons. The standard InChI is InChI=1S/C21H30N6O/c1-17-5-3-8-22-19(17)16-26-10-4-6-18(15-26)25(2)20-7-9-23-21(24-20)27-11-13-28-14-12-27/h3,5,7-9,18H,4,6,10-16H2,1-2H3. The van der Waals surface area contributed by atoms with E-state index in [2.05, 4.69) is 44.7 Å². The van der Waals surface area contributed by atoms with E-state index in [9.17, 15) is 0 Å². The molecular formula is C21H30N6O. The van der Waals surface area contributed by atoms with Gasteiger partial charge in [0.25, 0.3) is 0 Å². The van der Waals surface area contributed by atoms with E-state index < -0.39 is 0 Å². The minimum absolute atomic E-state index is 0.449. The number of morpholine rings is 1. The lowest BCUT2D eigenvalue weighted by Gasteiger charge is -2.38. The van der Waals surface area contributed by atoms with E-state index in [1.54, 1.807) is 0 Å². The summed E-state index contributed by atoms with van der Waals surface area (Å²) >= 11 is 0. The van der Waals surface area contributed by atoms with Crippen molar-refractivity contribution in [1.29, 1.82) is 0 Å². The van der Waals surface area contributed by atoms with E-state index in [1.165, 1.54) is 24.1 Å². The molecule has 2 fully saturated rings. The van der Waals surface area contributed by atoms with Crippen LogP contribution in [0.3, 0.4) is 0 Å². The summed E-state index contributed by atoms with van der Waals surface area (Å²) in [5.41, 5.74) is 2.45. The molecule has 7 nitrogen and oxygen atoms in total. The second kappa shape index (κ2) is 8.84. The molecule has 2 aliphatic heterocycles. The van der Waals surface area contributed by atoms with E-state index in [1.807, 2.05) is 24.5 Å². The SMILES string of the molecule is Cc1cccnc1CN1CCCC(N(C)c2ccnc(N3CCOCC3)n2)C1. The van der Waals surface area contributed by atoms with Crippen LogP contribution in [0.2, 0.25) is 0 Å². The second-order valence-electron chi connectivity index (χ2n) is 7.72. The van der Waals surface area contributed by atoms with Gasteiger partial charge in [0.15, 0.2) is 0 Å². The molecule has 0 saturated carbocycles. The minimum Gasteiger partial charge on any atom is -0.378 e. The van der Waals surface area contributed by atoms with Crippen LogP contribution >= 0.6 is 0 Å². The Morgan fingerprint density at radius 3 is 2.82 bits per heavy atom. The van der Waals surface area contributed by atoms with E-state index in [4.69, 9.17) is 9.72 Å². The van der Waals surface area contributed by atoms with E-state index in [0.717, 1.165) is 57.7 Å². The zero-order valence-electron chi connectivity index (χ0n) is 16.9. The Balaban J connectivity index is 1.42. The molecule has 2 aliphatic rings. The molecule has 0 aliphatic carbocycles. The van der Waals surface area contributed by atoms with Crippen LogP contribution < -0.4 is 9.80 Å². The lowest BCUT2D eigenvalue weighted by molar-refractivity contribution is 0.122. The normalized spacial score (nSPS) is 20.9. The third-order valence-electron chi connectivity index (χ3n) is 5.80. The first-order chi connectivity index (χ1) is 13.7. The molecular weight excluding hydrogens is 352 g/mol. The Morgan fingerprint density at radius 2 is 2.00 bits per heavy atom. The Morgan fingerprint density at radius 1 is 1.14 bits per heavy atom. The van der Waals surface area contributed by atoms with Crippen LogP contribution in [0, 0.1) is 6.92 Å². The Kier molecular flexibility index (Phi) is 6.02. The van der Waals surface area contributed by atoms with Gasteiger partial charge in [0.1, 0.15) is 5.82 Å². The number of ether oxygens (including phenoxy) is 1. The second-order valence-corrected chi connectivity index (χ2v) is 7.72. The van der Waals surface area contributed by atoms with Crippen LogP contribution in [0.25, 0.3) is 0 Å². The van der Waals surface area contributed by atoms with Gasteiger partial charge in [0, 0.05) is 51.7 Å². The van der Waals surface area contributed by atoms with Crippen LogP contribution in [-0.4, -0.2) is 72.3 Å². The first-order valence-corrected chi connectivity index (χ1v) is 10.2. The van der Waals surface area contributed by atoms with Crippen molar-refractivity contribution in [2.45, 2.75) is 32.4 Å². The van der Waals surface area contributed by atoms with Crippen LogP contribution in [0.1, 0.15) is 24.1 Å². The van der Waals surface area contributed by atoms with E-state index in [0.29, 0.717) is 6.04 Å². The van der Waals surface area contributed by atoms with Gasteiger partial charge in [-0.3, -0.25) is 9.88 Å². The highest BCUT2D eigenvalue weighted by atomic mass is 16.5. The largest absolute Gasteiger partial charge is 0.378 e.